The molecule has 1 N–H and O–H groups in total. The second-order valence-electron chi connectivity index (χ2n) is 3.90. The van der Waals surface area contributed by atoms with Crippen LogP contribution in [-0.4, -0.2) is 5.91 Å². The lowest BCUT2D eigenvalue weighted by Crippen LogP contribution is -2.23. The third-order valence-electron chi connectivity index (χ3n) is 2.41. The summed E-state index contributed by atoms with van der Waals surface area (Å²) < 4.78 is 14.5. The molecule has 18 heavy (non-hydrogen) atoms. The molecule has 0 saturated heterocycles. The van der Waals surface area contributed by atoms with Crippen LogP contribution in [0.2, 0.25) is 0 Å². The number of rotatable bonds is 3. The van der Waals surface area contributed by atoms with Crippen LogP contribution in [0.15, 0.2) is 34.1 Å². The van der Waals surface area contributed by atoms with Gasteiger partial charge in [-0.15, -0.1) is 11.3 Å². The molecule has 1 amide bonds. The number of hydrogen-bond donors (Lipinski definition) is 1. The van der Waals surface area contributed by atoms with Crippen molar-refractivity contribution in [3.05, 3.63) is 55.9 Å². The van der Waals surface area contributed by atoms with Crippen molar-refractivity contribution in [2.75, 3.05) is 0 Å². The molecule has 0 saturated carbocycles. The van der Waals surface area contributed by atoms with Gasteiger partial charge in [-0.3, -0.25) is 4.79 Å². The maximum absolute atomic E-state index is 13.5. The number of thiophene rings is 1. The number of benzene rings is 1. The first-order chi connectivity index (χ1) is 8.56. The van der Waals surface area contributed by atoms with Gasteiger partial charge in [-0.2, -0.15) is 0 Å². The molecule has 1 aromatic carbocycles. The molecule has 1 heterocycles. The number of hydrogen-bond acceptors (Lipinski definition) is 2. The SMILES string of the molecule is Cc1ccc(F)c(C(=O)NCc2cc(Br)cs2)c1. The van der Waals surface area contributed by atoms with Gasteiger partial charge >= 0.3 is 0 Å². The first-order valence-electron chi connectivity index (χ1n) is 5.33. The summed E-state index contributed by atoms with van der Waals surface area (Å²) in [6, 6.07) is 6.43. The Morgan fingerprint density at radius 2 is 2.22 bits per heavy atom. The Hall–Kier alpha value is -1.20. The van der Waals surface area contributed by atoms with E-state index in [9.17, 15) is 9.18 Å². The number of aryl methyl sites for hydroxylation is 1. The summed E-state index contributed by atoms with van der Waals surface area (Å²) in [5.41, 5.74) is 0.950. The van der Waals surface area contributed by atoms with Crippen molar-refractivity contribution in [1.82, 2.24) is 5.32 Å². The minimum atomic E-state index is -0.495. The van der Waals surface area contributed by atoms with E-state index in [4.69, 9.17) is 0 Å². The van der Waals surface area contributed by atoms with Crippen molar-refractivity contribution in [2.45, 2.75) is 13.5 Å². The Balaban J connectivity index is 2.05. The van der Waals surface area contributed by atoms with Crippen molar-refractivity contribution in [1.29, 1.82) is 0 Å². The van der Waals surface area contributed by atoms with Crippen LogP contribution >= 0.6 is 27.3 Å². The van der Waals surface area contributed by atoms with Gasteiger partial charge in [-0.1, -0.05) is 11.6 Å². The summed E-state index contributed by atoms with van der Waals surface area (Å²) in [7, 11) is 0. The summed E-state index contributed by atoms with van der Waals surface area (Å²) in [5.74, 6) is -0.883. The normalized spacial score (nSPS) is 10.4. The van der Waals surface area contributed by atoms with Crippen LogP contribution in [0.3, 0.4) is 0 Å². The van der Waals surface area contributed by atoms with Crippen molar-refractivity contribution in [2.24, 2.45) is 0 Å². The van der Waals surface area contributed by atoms with Gasteiger partial charge < -0.3 is 5.32 Å². The summed E-state index contributed by atoms with van der Waals surface area (Å²) in [5, 5.41) is 4.65. The molecular weight excluding hydrogens is 317 g/mol. The van der Waals surface area contributed by atoms with Crippen LogP contribution in [-0.2, 0) is 6.54 Å². The van der Waals surface area contributed by atoms with Gasteiger partial charge in [0.1, 0.15) is 5.82 Å². The van der Waals surface area contributed by atoms with E-state index in [-0.39, 0.29) is 11.5 Å². The summed E-state index contributed by atoms with van der Waals surface area (Å²) in [6.45, 7) is 2.23. The van der Waals surface area contributed by atoms with Gasteiger partial charge in [0, 0.05) is 14.7 Å². The zero-order valence-electron chi connectivity index (χ0n) is 9.67. The Morgan fingerprint density at radius 1 is 1.44 bits per heavy atom. The van der Waals surface area contributed by atoms with Gasteiger partial charge in [0.2, 0.25) is 0 Å². The van der Waals surface area contributed by atoms with E-state index >= 15 is 0 Å². The second-order valence-corrected chi connectivity index (χ2v) is 5.81. The van der Waals surface area contributed by atoms with E-state index in [1.807, 2.05) is 18.4 Å². The number of carbonyl (C=O) groups excluding carboxylic acids is 1. The monoisotopic (exact) mass is 327 g/mol. The molecule has 2 nitrogen and oxygen atoms in total. The quantitative estimate of drug-likeness (QED) is 0.910. The molecule has 94 valence electrons. The maximum Gasteiger partial charge on any atom is 0.254 e. The topological polar surface area (TPSA) is 29.1 Å². The molecule has 0 aliphatic rings. The predicted octanol–water partition coefficient (Wildman–Crippen LogP) is 3.89. The average Bonchev–Trinajstić information content (AvgIpc) is 2.75. The molecule has 5 heteroatoms. The van der Waals surface area contributed by atoms with E-state index in [2.05, 4.69) is 21.2 Å². The lowest BCUT2D eigenvalue weighted by Gasteiger charge is -2.05. The van der Waals surface area contributed by atoms with Crippen LogP contribution in [0.4, 0.5) is 4.39 Å². The van der Waals surface area contributed by atoms with Crippen molar-refractivity contribution >= 4 is 33.2 Å². The molecule has 0 aliphatic heterocycles. The van der Waals surface area contributed by atoms with E-state index in [1.54, 1.807) is 12.1 Å². The molecular formula is C13H11BrFNOS. The predicted molar refractivity (Wildman–Crippen MR) is 74.3 cm³/mol. The zero-order chi connectivity index (χ0) is 13.1. The lowest BCUT2D eigenvalue weighted by molar-refractivity contribution is 0.0947. The van der Waals surface area contributed by atoms with Crippen LogP contribution in [0.25, 0.3) is 0 Å². The molecule has 0 aliphatic carbocycles. The first-order valence-corrected chi connectivity index (χ1v) is 7.01. The third-order valence-corrected chi connectivity index (χ3v) is 4.11. The van der Waals surface area contributed by atoms with E-state index in [1.165, 1.54) is 17.4 Å². The van der Waals surface area contributed by atoms with Crippen molar-refractivity contribution in [3.8, 4) is 0 Å². The molecule has 0 fully saturated rings. The Kier molecular flexibility index (Phi) is 4.14. The number of halogens is 2. The van der Waals surface area contributed by atoms with Crippen molar-refractivity contribution in [3.63, 3.8) is 0 Å². The van der Waals surface area contributed by atoms with Gasteiger partial charge in [-0.05, 0) is 41.1 Å². The molecule has 0 unspecified atom stereocenters. The zero-order valence-corrected chi connectivity index (χ0v) is 12.1. The average molecular weight is 328 g/mol. The number of nitrogens with one attached hydrogen (secondary N) is 1. The standard InChI is InChI=1S/C13H11BrFNOS/c1-8-2-3-12(15)11(4-8)13(17)16-6-10-5-9(14)7-18-10/h2-5,7H,6H2,1H3,(H,16,17). The molecule has 0 bridgehead atoms. The highest BCUT2D eigenvalue weighted by atomic mass is 79.9. The lowest BCUT2D eigenvalue weighted by atomic mass is 10.1. The minimum absolute atomic E-state index is 0.0885. The summed E-state index contributed by atoms with van der Waals surface area (Å²) in [4.78, 5) is 12.9. The molecule has 0 atom stereocenters. The van der Waals surface area contributed by atoms with Gasteiger partial charge in [0.05, 0.1) is 12.1 Å². The Labute approximate surface area is 117 Å². The van der Waals surface area contributed by atoms with Gasteiger partial charge in [0.25, 0.3) is 5.91 Å². The highest BCUT2D eigenvalue weighted by Gasteiger charge is 2.11. The third kappa shape index (κ3) is 3.17. The maximum atomic E-state index is 13.5. The van der Waals surface area contributed by atoms with Crippen molar-refractivity contribution < 1.29 is 9.18 Å². The molecule has 2 rings (SSSR count). The van der Waals surface area contributed by atoms with Crippen LogP contribution in [0, 0.1) is 12.7 Å². The fourth-order valence-electron chi connectivity index (χ4n) is 1.52. The molecule has 1 aromatic heterocycles. The van der Waals surface area contributed by atoms with Crippen LogP contribution in [0.1, 0.15) is 20.8 Å². The summed E-state index contributed by atoms with van der Waals surface area (Å²) in [6.07, 6.45) is 0. The largest absolute Gasteiger partial charge is 0.347 e. The Bertz CT molecular complexity index is 582. The van der Waals surface area contributed by atoms with Gasteiger partial charge in [0.15, 0.2) is 0 Å². The van der Waals surface area contributed by atoms with E-state index < -0.39 is 5.82 Å². The fourth-order valence-corrected chi connectivity index (χ4v) is 2.91. The minimum Gasteiger partial charge on any atom is -0.347 e. The molecule has 0 radical (unpaired) electrons. The van der Waals surface area contributed by atoms with Gasteiger partial charge in [-0.25, -0.2) is 4.39 Å². The fraction of sp³-hybridized carbons (Fsp3) is 0.154. The Morgan fingerprint density at radius 3 is 2.89 bits per heavy atom. The first kappa shape index (κ1) is 13.2. The number of amides is 1. The molecule has 2 aromatic rings. The van der Waals surface area contributed by atoms with E-state index in [0.29, 0.717) is 6.54 Å². The highest BCUT2D eigenvalue weighted by Crippen LogP contribution is 2.19. The summed E-state index contributed by atoms with van der Waals surface area (Å²) >= 11 is 4.88. The van der Waals surface area contributed by atoms with Crippen LogP contribution in [0.5, 0.6) is 0 Å². The second kappa shape index (κ2) is 5.63. The molecule has 0 spiro atoms. The van der Waals surface area contributed by atoms with Crippen LogP contribution < -0.4 is 5.32 Å². The van der Waals surface area contributed by atoms with E-state index in [0.717, 1.165) is 14.9 Å². The smallest absolute Gasteiger partial charge is 0.254 e. The highest BCUT2D eigenvalue weighted by molar-refractivity contribution is 9.10. The number of carbonyl (C=O) groups is 1.